The van der Waals surface area contributed by atoms with Gasteiger partial charge in [-0.2, -0.15) is 0 Å². The van der Waals surface area contributed by atoms with E-state index in [4.69, 9.17) is 17.3 Å². The third-order valence-electron chi connectivity index (χ3n) is 3.18. The van der Waals surface area contributed by atoms with Gasteiger partial charge in [-0.15, -0.1) is 0 Å². The molecule has 1 saturated heterocycles. The van der Waals surface area contributed by atoms with Gasteiger partial charge < -0.3 is 16.0 Å². The van der Waals surface area contributed by atoms with Crippen LogP contribution in [0.3, 0.4) is 0 Å². The Morgan fingerprint density at radius 1 is 1.56 bits per heavy atom. The van der Waals surface area contributed by atoms with Gasteiger partial charge in [0.25, 0.3) is 0 Å². The van der Waals surface area contributed by atoms with E-state index in [2.05, 4.69) is 5.32 Å². The highest BCUT2D eigenvalue weighted by atomic mass is 35.5. The summed E-state index contributed by atoms with van der Waals surface area (Å²) in [4.78, 5) is 13.7. The molecule has 0 bridgehead atoms. The van der Waals surface area contributed by atoms with Crippen LogP contribution in [0, 0.1) is 6.92 Å². The second-order valence-corrected chi connectivity index (χ2v) is 5.06. The first kappa shape index (κ1) is 13.2. The fourth-order valence-corrected chi connectivity index (χ4v) is 2.34. The summed E-state index contributed by atoms with van der Waals surface area (Å²) in [7, 11) is 0. The van der Waals surface area contributed by atoms with Crippen molar-refractivity contribution in [2.75, 3.05) is 24.5 Å². The first-order chi connectivity index (χ1) is 8.60. The van der Waals surface area contributed by atoms with Gasteiger partial charge in [0.15, 0.2) is 0 Å². The molecule has 18 heavy (non-hydrogen) atoms. The molecule has 1 aromatic rings. The number of anilines is 1. The summed E-state index contributed by atoms with van der Waals surface area (Å²) >= 11 is 6.12. The molecule has 1 amide bonds. The van der Waals surface area contributed by atoms with Crippen LogP contribution in [0.1, 0.15) is 12.0 Å². The van der Waals surface area contributed by atoms with Crippen molar-refractivity contribution in [2.45, 2.75) is 19.4 Å². The molecule has 0 radical (unpaired) electrons. The summed E-state index contributed by atoms with van der Waals surface area (Å²) in [5.74, 6) is 0.0383. The number of amides is 1. The Balaban J connectivity index is 2.15. The summed E-state index contributed by atoms with van der Waals surface area (Å²) in [6, 6.07) is 6.01. The van der Waals surface area contributed by atoms with Gasteiger partial charge in [0.2, 0.25) is 5.91 Å². The number of hydrogen-bond acceptors (Lipinski definition) is 3. The lowest BCUT2D eigenvalue weighted by molar-refractivity contribution is -0.121. The average molecular weight is 268 g/mol. The number of carbonyl (C=O) groups excluding carboxylic acids is 1. The van der Waals surface area contributed by atoms with Gasteiger partial charge in [0, 0.05) is 23.3 Å². The summed E-state index contributed by atoms with van der Waals surface area (Å²) < 4.78 is 0. The molecule has 1 aliphatic rings. The maximum atomic E-state index is 11.7. The van der Waals surface area contributed by atoms with E-state index in [9.17, 15) is 4.79 Å². The highest BCUT2D eigenvalue weighted by Crippen LogP contribution is 2.24. The van der Waals surface area contributed by atoms with Gasteiger partial charge in [-0.05, 0) is 37.6 Å². The summed E-state index contributed by atoms with van der Waals surface area (Å²) in [5, 5.41) is 3.68. The molecule has 0 saturated carbocycles. The van der Waals surface area contributed by atoms with Crippen LogP contribution in [0.25, 0.3) is 0 Å². The standard InChI is InChI=1S/C13H18ClN3O/c1-9-2-3-11(6-12(9)14)17-7-10(4-5-15)16-13(18)8-17/h2-3,6,10H,4-5,7-8,15H2,1H3,(H,16,18). The lowest BCUT2D eigenvalue weighted by Gasteiger charge is -2.34. The molecule has 1 aromatic carbocycles. The van der Waals surface area contributed by atoms with Gasteiger partial charge in [0.1, 0.15) is 0 Å². The molecule has 1 fully saturated rings. The van der Waals surface area contributed by atoms with E-state index in [1.165, 1.54) is 0 Å². The molecule has 0 spiro atoms. The number of hydrogen-bond donors (Lipinski definition) is 2. The Morgan fingerprint density at radius 2 is 2.33 bits per heavy atom. The zero-order valence-corrected chi connectivity index (χ0v) is 11.2. The normalized spacial score (nSPS) is 19.8. The van der Waals surface area contributed by atoms with Gasteiger partial charge in [-0.25, -0.2) is 0 Å². The van der Waals surface area contributed by atoms with Crippen LogP contribution in [0.4, 0.5) is 5.69 Å². The van der Waals surface area contributed by atoms with Crippen molar-refractivity contribution in [3.63, 3.8) is 0 Å². The summed E-state index contributed by atoms with van der Waals surface area (Å²) in [5.41, 5.74) is 7.57. The second-order valence-electron chi connectivity index (χ2n) is 4.66. The zero-order chi connectivity index (χ0) is 13.1. The van der Waals surface area contributed by atoms with Crippen molar-refractivity contribution in [3.8, 4) is 0 Å². The predicted octanol–water partition coefficient (Wildman–Crippen LogP) is 1.30. The molecule has 1 atom stereocenters. The Bertz CT molecular complexity index is 450. The van der Waals surface area contributed by atoms with E-state index in [0.29, 0.717) is 13.1 Å². The number of piperazine rings is 1. The minimum absolute atomic E-state index is 0.0383. The Kier molecular flexibility index (Phi) is 4.09. The van der Waals surface area contributed by atoms with E-state index in [1.54, 1.807) is 0 Å². The average Bonchev–Trinajstić information content (AvgIpc) is 2.32. The summed E-state index contributed by atoms with van der Waals surface area (Å²) in [6.07, 6.45) is 0.793. The molecule has 0 aromatic heterocycles. The Morgan fingerprint density at radius 3 is 3.00 bits per heavy atom. The third kappa shape index (κ3) is 2.94. The molecule has 1 heterocycles. The van der Waals surface area contributed by atoms with Crippen molar-refractivity contribution < 1.29 is 4.79 Å². The molecule has 0 aliphatic carbocycles. The molecular weight excluding hydrogens is 250 g/mol. The number of nitrogens with zero attached hydrogens (tertiary/aromatic N) is 1. The van der Waals surface area contributed by atoms with E-state index in [0.717, 1.165) is 29.2 Å². The van der Waals surface area contributed by atoms with Crippen molar-refractivity contribution in [2.24, 2.45) is 5.73 Å². The van der Waals surface area contributed by atoms with E-state index < -0.39 is 0 Å². The van der Waals surface area contributed by atoms with Crippen molar-refractivity contribution in [1.82, 2.24) is 5.32 Å². The van der Waals surface area contributed by atoms with Crippen molar-refractivity contribution in [1.29, 1.82) is 0 Å². The monoisotopic (exact) mass is 267 g/mol. The van der Waals surface area contributed by atoms with Crippen LogP contribution in [-0.4, -0.2) is 31.6 Å². The van der Waals surface area contributed by atoms with Crippen LogP contribution in [0.5, 0.6) is 0 Å². The number of halogens is 1. The van der Waals surface area contributed by atoms with Gasteiger partial charge in [-0.1, -0.05) is 17.7 Å². The van der Waals surface area contributed by atoms with Crippen LogP contribution in [0.15, 0.2) is 18.2 Å². The van der Waals surface area contributed by atoms with Gasteiger partial charge in [-0.3, -0.25) is 4.79 Å². The largest absolute Gasteiger partial charge is 0.360 e. The first-order valence-corrected chi connectivity index (χ1v) is 6.48. The number of benzene rings is 1. The maximum Gasteiger partial charge on any atom is 0.239 e. The molecule has 5 heteroatoms. The smallest absolute Gasteiger partial charge is 0.239 e. The van der Waals surface area contributed by atoms with E-state index in [1.807, 2.05) is 30.0 Å². The van der Waals surface area contributed by atoms with Crippen LogP contribution >= 0.6 is 11.6 Å². The van der Waals surface area contributed by atoms with E-state index >= 15 is 0 Å². The Labute approximate surface area is 112 Å². The molecule has 98 valence electrons. The third-order valence-corrected chi connectivity index (χ3v) is 3.58. The number of nitrogens with two attached hydrogens (primary N) is 1. The predicted molar refractivity (Wildman–Crippen MR) is 74.0 cm³/mol. The Hall–Kier alpha value is -1.26. The van der Waals surface area contributed by atoms with Crippen LogP contribution in [0.2, 0.25) is 5.02 Å². The zero-order valence-electron chi connectivity index (χ0n) is 10.4. The highest BCUT2D eigenvalue weighted by Gasteiger charge is 2.24. The van der Waals surface area contributed by atoms with E-state index in [-0.39, 0.29) is 11.9 Å². The number of carbonyl (C=O) groups is 1. The minimum atomic E-state index is 0.0383. The van der Waals surface area contributed by atoms with Gasteiger partial charge in [0.05, 0.1) is 6.54 Å². The van der Waals surface area contributed by atoms with Crippen LogP contribution in [-0.2, 0) is 4.79 Å². The SMILES string of the molecule is Cc1ccc(N2CC(=O)NC(CCN)C2)cc1Cl. The molecule has 1 unspecified atom stereocenters. The molecule has 4 nitrogen and oxygen atoms in total. The first-order valence-electron chi connectivity index (χ1n) is 6.10. The molecular formula is C13H18ClN3O. The summed E-state index contributed by atoms with van der Waals surface area (Å²) in [6.45, 7) is 3.70. The molecule has 1 aliphatic heterocycles. The number of rotatable bonds is 3. The van der Waals surface area contributed by atoms with Crippen molar-refractivity contribution >= 4 is 23.2 Å². The fraction of sp³-hybridized carbons (Fsp3) is 0.462. The minimum Gasteiger partial charge on any atom is -0.360 e. The molecule has 3 N–H and O–H groups in total. The maximum absolute atomic E-state index is 11.7. The lowest BCUT2D eigenvalue weighted by Crippen LogP contribution is -2.54. The highest BCUT2D eigenvalue weighted by molar-refractivity contribution is 6.31. The fourth-order valence-electron chi connectivity index (χ4n) is 2.16. The van der Waals surface area contributed by atoms with Crippen molar-refractivity contribution in [3.05, 3.63) is 28.8 Å². The quantitative estimate of drug-likeness (QED) is 0.868. The number of aryl methyl sites for hydroxylation is 1. The van der Waals surface area contributed by atoms with Crippen LogP contribution < -0.4 is 16.0 Å². The number of nitrogens with one attached hydrogen (secondary N) is 1. The second kappa shape index (κ2) is 5.59. The lowest BCUT2D eigenvalue weighted by atomic mass is 10.1. The van der Waals surface area contributed by atoms with Gasteiger partial charge >= 0.3 is 0 Å². The topological polar surface area (TPSA) is 58.4 Å². The molecule has 2 rings (SSSR count).